The van der Waals surface area contributed by atoms with Crippen LogP contribution in [0, 0.1) is 0 Å². The molecule has 1 N–H and O–H groups in total. The van der Waals surface area contributed by atoms with E-state index in [1.54, 1.807) is 0 Å². The lowest BCUT2D eigenvalue weighted by atomic mass is 10.0. The van der Waals surface area contributed by atoms with Crippen molar-refractivity contribution >= 4 is 0 Å². The Bertz CT molecular complexity index is 185. The Morgan fingerprint density at radius 1 is 1.29 bits per heavy atom. The number of aliphatic hydroxyl groups excluding tert-OH is 1. The van der Waals surface area contributed by atoms with Crippen molar-refractivity contribution in [3.8, 4) is 0 Å². The number of hydrogen-bond acceptors (Lipinski definition) is 3. The number of likely N-dealkylation sites (N-methyl/N-ethyl adjacent to an activating group) is 1. The first-order valence-corrected chi connectivity index (χ1v) is 5.79. The molecule has 2 saturated heterocycles. The number of hydrogen-bond donors (Lipinski definition) is 1. The molecule has 3 heteroatoms. The monoisotopic (exact) mass is 198 g/mol. The number of β-amino-alcohol motifs (C(OH)–C–C–N with tert-alkyl or cyclic N) is 1. The molecular formula is C11H22N2O. The van der Waals surface area contributed by atoms with Gasteiger partial charge in [0.05, 0.1) is 6.10 Å². The minimum atomic E-state index is -0.0787. The molecule has 14 heavy (non-hydrogen) atoms. The third-order valence-corrected chi connectivity index (χ3v) is 3.81. The Morgan fingerprint density at radius 2 is 2.07 bits per heavy atom. The number of aliphatic hydroxyl groups is 1. The van der Waals surface area contributed by atoms with Gasteiger partial charge in [-0.05, 0) is 39.8 Å². The highest BCUT2D eigenvalue weighted by Gasteiger charge is 2.32. The van der Waals surface area contributed by atoms with Crippen molar-refractivity contribution in [2.24, 2.45) is 0 Å². The normalized spacial score (nSPS) is 41.8. The van der Waals surface area contributed by atoms with Crippen molar-refractivity contribution < 1.29 is 5.11 Å². The van der Waals surface area contributed by atoms with Gasteiger partial charge in [0.25, 0.3) is 0 Å². The smallest absolute Gasteiger partial charge is 0.0667 e. The molecule has 82 valence electrons. The predicted molar refractivity (Wildman–Crippen MR) is 57.3 cm³/mol. The minimum absolute atomic E-state index is 0.0787. The lowest BCUT2D eigenvalue weighted by Crippen LogP contribution is -2.45. The van der Waals surface area contributed by atoms with Gasteiger partial charge in [0, 0.05) is 25.2 Å². The van der Waals surface area contributed by atoms with Crippen LogP contribution in [0.3, 0.4) is 0 Å². The van der Waals surface area contributed by atoms with Crippen LogP contribution in [0.1, 0.15) is 26.2 Å². The highest BCUT2D eigenvalue weighted by atomic mass is 16.3. The Kier molecular flexibility index (Phi) is 3.10. The summed E-state index contributed by atoms with van der Waals surface area (Å²) >= 11 is 0. The molecule has 2 heterocycles. The average Bonchev–Trinajstić information content (AvgIpc) is 2.47. The second kappa shape index (κ2) is 4.17. The summed E-state index contributed by atoms with van der Waals surface area (Å²) in [5.74, 6) is 0. The SMILES string of the molecule is CC1CC(N2CCCC(O)C2)CN1C. The van der Waals surface area contributed by atoms with E-state index in [1.165, 1.54) is 19.5 Å². The second-order valence-corrected chi connectivity index (χ2v) is 4.97. The second-order valence-electron chi connectivity index (χ2n) is 4.97. The lowest BCUT2D eigenvalue weighted by Gasteiger charge is -2.34. The predicted octanol–water partition coefficient (Wildman–Crippen LogP) is 0.536. The highest BCUT2D eigenvalue weighted by Crippen LogP contribution is 2.23. The van der Waals surface area contributed by atoms with Crippen LogP contribution in [0.5, 0.6) is 0 Å². The minimum Gasteiger partial charge on any atom is -0.392 e. The maximum Gasteiger partial charge on any atom is 0.0667 e. The Morgan fingerprint density at radius 3 is 2.64 bits per heavy atom. The standard InChI is InChI=1S/C11H22N2O/c1-9-6-10(7-12(9)2)13-5-3-4-11(14)8-13/h9-11,14H,3-8H2,1-2H3. The Balaban J connectivity index is 1.89. The summed E-state index contributed by atoms with van der Waals surface area (Å²) in [6, 6.07) is 1.39. The molecule has 3 unspecified atom stereocenters. The van der Waals surface area contributed by atoms with E-state index in [1.807, 2.05) is 0 Å². The van der Waals surface area contributed by atoms with Crippen molar-refractivity contribution in [1.29, 1.82) is 0 Å². The fourth-order valence-electron chi connectivity index (χ4n) is 2.74. The van der Waals surface area contributed by atoms with Crippen LogP contribution in [0.4, 0.5) is 0 Å². The maximum absolute atomic E-state index is 9.62. The number of piperidine rings is 1. The van der Waals surface area contributed by atoms with Crippen molar-refractivity contribution in [3.05, 3.63) is 0 Å². The van der Waals surface area contributed by atoms with E-state index in [9.17, 15) is 5.11 Å². The molecule has 3 atom stereocenters. The summed E-state index contributed by atoms with van der Waals surface area (Å²) in [5, 5.41) is 9.62. The Labute approximate surface area is 86.7 Å². The quantitative estimate of drug-likeness (QED) is 0.666. The summed E-state index contributed by atoms with van der Waals surface area (Å²) in [5.41, 5.74) is 0. The molecule has 0 aromatic carbocycles. The lowest BCUT2D eigenvalue weighted by molar-refractivity contribution is 0.0488. The first-order chi connectivity index (χ1) is 6.66. The summed E-state index contributed by atoms with van der Waals surface area (Å²) in [7, 11) is 2.20. The van der Waals surface area contributed by atoms with Gasteiger partial charge in [-0.3, -0.25) is 4.90 Å². The van der Waals surface area contributed by atoms with Crippen LogP contribution in [0.15, 0.2) is 0 Å². The van der Waals surface area contributed by atoms with Crippen LogP contribution in [0.2, 0.25) is 0 Å². The topological polar surface area (TPSA) is 26.7 Å². The molecule has 0 aromatic heterocycles. The third-order valence-electron chi connectivity index (χ3n) is 3.81. The molecule has 0 bridgehead atoms. The van der Waals surface area contributed by atoms with E-state index in [0.717, 1.165) is 19.4 Å². The van der Waals surface area contributed by atoms with Crippen LogP contribution < -0.4 is 0 Å². The van der Waals surface area contributed by atoms with Gasteiger partial charge in [-0.15, -0.1) is 0 Å². The van der Waals surface area contributed by atoms with E-state index < -0.39 is 0 Å². The fraction of sp³-hybridized carbons (Fsp3) is 1.00. The van der Waals surface area contributed by atoms with Gasteiger partial charge in [0.15, 0.2) is 0 Å². The molecule has 3 nitrogen and oxygen atoms in total. The molecular weight excluding hydrogens is 176 g/mol. The van der Waals surface area contributed by atoms with Gasteiger partial charge in [-0.25, -0.2) is 0 Å². The molecule has 0 amide bonds. The summed E-state index contributed by atoms with van der Waals surface area (Å²) in [6.45, 7) is 5.54. The van der Waals surface area contributed by atoms with E-state index in [4.69, 9.17) is 0 Å². The van der Waals surface area contributed by atoms with Crippen molar-refractivity contribution in [3.63, 3.8) is 0 Å². The van der Waals surface area contributed by atoms with Gasteiger partial charge >= 0.3 is 0 Å². The summed E-state index contributed by atoms with van der Waals surface area (Å²) in [4.78, 5) is 4.90. The molecule has 0 spiro atoms. The molecule has 0 aromatic rings. The first kappa shape index (κ1) is 10.4. The number of rotatable bonds is 1. The fourth-order valence-corrected chi connectivity index (χ4v) is 2.74. The summed E-state index contributed by atoms with van der Waals surface area (Å²) < 4.78 is 0. The van der Waals surface area contributed by atoms with Crippen LogP contribution >= 0.6 is 0 Å². The zero-order chi connectivity index (χ0) is 10.1. The largest absolute Gasteiger partial charge is 0.392 e. The maximum atomic E-state index is 9.62. The van der Waals surface area contributed by atoms with Gasteiger partial charge in [-0.1, -0.05) is 0 Å². The van der Waals surface area contributed by atoms with Gasteiger partial charge in [0.1, 0.15) is 0 Å². The molecule has 0 radical (unpaired) electrons. The number of nitrogens with zero attached hydrogens (tertiary/aromatic N) is 2. The Hall–Kier alpha value is -0.120. The van der Waals surface area contributed by atoms with E-state index in [-0.39, 0.29) is 6.10 Å². The van der Waals surface area contributed by atoms with Crippen LogP contribution in [-0.2, 0) is 0 Å². The van der Waals surface area contributed by atoms with Crippen molar-refractivity contribution in [2.45, 2.75) is 44.4 Å². The van der Waals surface area contributed by atoms with Gasteiger partial charge in [-0.2, -0.15) is 0 Å². The van der Waals surface area contributed by atoms with E-state index >= 15 is 0 Å². The molecule has 0 aliphatic carbocycles. The zero-order valence-electron chi connectivity index (χ0n) is 9.32. The van der Waals surface area contributed by atoms with Crippen LogP contribution in [0.25, 0.3) is 0 Å². The molecule has 2 aliphatic rings. The van der Waals surface area contributed by atoms with Gasteiger partial charge in [0.2, 0.25) is 0 Å². The van der Waals surface area contributed by atoms with Crippen molar-refractivity contribution in [1.82, 2.24) is 9.80 Å². The van der Waals surface area contributed by atoms with Crippen molar-refractivity contribution in [2.75, 3.05) is 26.7 Å². The van der Waals surface area contributed by atoms with Gasteiger partial charge < -0.3 is 10.0 Å². The van der Waals surface area contributed by atoms with Crippen LogP contribution in [-0.4, -0.2) is 59.8 Å². The van der Waals surface area contributed by atoms with E-state index in [2.05, 4.69) is 23.8 Å². The zero-order valence-corrected chi connectivity index (χ0v) is 9.32. The highest BCUT2D eigenvalue weighted by molar-refractivity contribution is 4.89. The summed E-state index contributed by atoms with van der Waals surface area (Å²) in [6.07, 6.45) is 3.35. The molecule has 2 rings (SSSR count). The molecule has 0 saturated carbocycles. The van der Waals surface area contributed by atoms with E-state index in [0.29, 0.717) is 12.1 Å². The number of likely N-dealkylation sites (tertiary alicyclic amines) is 2. The first-order valence-electron chi connectivity index (χ1n) is 5.79. The average molecular weight is 198 g/mol. The third kappa shape index (κ3) is 2.10. The molecule has 2 aliphatic heterocycles. The molecule has 2 fully saturated rings.